The van der Waals surface area contributed by atoms with Gasteiger partial charge in [-0.2, -0.15) is 0 Å². The summed E-state index contributed by atoms with van der Waals surface area (Å²) in [4.78, 5) is 2.50. The highest BCUT2D eigenvalue weighted by molar-refractivity contribution is 5.28. The Kier molecular flexibility index (Phi) is 3.80. The molecule has 1 fully saturated rings. The molecule has 1 aromatic carbocycles. The molecule has 0 amide bonds. The standard InChI is InChI=1S/C13H20N2O/c14-8-7-13(15-9-1-2-10-15)11-3-5-12(16)6-4-11/h3-6,13,16H,1-2,7-10,14H2. The van der Waals surface area contributed by atoms with E-state index in [0.29, 0.717) is 18.3 Å². The second-order valence-electron chi connectivity index (χ2n) is 4.43. The van der Waals surface area contributed by atoms with Gasteiger partial charge in [-0.05, 0) is 56.6 Å². The Morgan fingerprint density at radius 2 is 1.81 bits per heavy atom. The van der Waals surface area contributed by atoms with Crippen LogP contribution in [-0.2, 0) is 0 Å². The van der Waals surface area contributed by atoms with Crippen molar-refractivity contribution in [1.82, 2.24) is 4.90 Å². The number of rotatable bonds is 4. The van der Waals surface area contributed by atoms with Crippen LogP contribution >= 0.6 is 0 Å². The maximum atomic E-state index is 9.30. The Balaban J connectivity index is 2.14. The number of hydrogen-bond acceptors (Lipinski definition) is 3. The van der Waals surface area contributed by atoms with Crippen LogP contribution < -0.4 is 5.73 Å². The molecule has 16 heavy (non-hydrogen) atoms. The lowest BCUT2D eigenvalue weighted by Gasteiger charge is -2.27. The van der Waals surface area contributed by atoms with E-state index < -0.39 is 0 Å². The molecule has 1 atom stereocenters. The van der Waals surface area contributed by atoms with Crippen LogP contribution in [0.1, 0.15) is 30.9 Å². The van der Waals surface area contributed by atoms with Crippen LogP contribution in [-0.4, -0.2) is 29.6 Å². The van der Waals surface area contributed by atoms with Gasteiger partial charge in [-0.3, -0.25) is 4.90 Å². The summed E-state index contributed by atoms with van der Waals surface area (Å²) < 4.78 is 0. The van der Waals surface area contributed by atoms with Crippen molar-refractivity contribution in [3.63, 3.8) is 0 Å². The minimum atomic E-state index is 0.330. The van der Waals surface area contributed by atoms with Crippen LogP contribution in [0.5, 0.6) is 5.75 Å². The number of hydrogen-bond donors (Lipinski definition) is 2. The first-order chi connectivity index (χ1) is 7.81. The van der Waals surface area contributed by atoms with Crippen molar-refractivity contribution in [1.29, 1.82) is 0 Å². The lowest BCUT2D eigenvalue weighted by atomic mass is 10.0. The van der Waals surface area contributed by atoms with Gasteiger partial charge in [0.25, 0.3) is 0 Å². The van der Waals surface area contributed by atoms with Crippen molar-refractivity contribution in [2.75, 3.05) is 19.6 Å². The van der Waals surface area contributed by atoms with Gasteiger partial charge in [-0.1, -0.05) is 12.1 Å². The summed E-state index contributed by atoms with van der Waals surface area (Å²) in [6.07, 6.45) is 3.57. The molecular weight excluding hydrogens is 200 g/mol. The Morgan fingerprint density at radius 3 is 2.38 bits per heavy atom. The van der Waals surface area contributed by atoms with E-state index in [2.05, 4.69) is 4.90 Å². The van der Waals surface area contributed by atoms with E-state index >= 15 is 0 Å². The summed E-state index contributed by atoms with van der Waals surface area (Å²) >= 11 is 0. The van der Waals surface area contributed by atoms with Crippen LogP contribution in [0.2, 0.25) is 0 Å². The Bertz CT molecular complexity index is 317. The van der Waals surface area contributed by atoms with Crippen molar-refractivity contribution < 1.29 is 5.11 Å². The van der Waals surface area contributed by atoms with E-state index in [4.69, 9.17) is 5.73 Å². The van der Waals surface area contributed by atoms with E-state index in [1.54, 1.807) is 12.1 Å². The fraction of sp³-hybridized carbons (Fsp3) is 0.538. The zero-order valence-corrected chi connectivity index (χ0v) is 9.60. The number of benzene rings is 1. The third kappa shape index (κ3) is 2.54. The molecule has 0 bridgehead atoms. The first-order valence-electron chi connectivity index (χ1n) is 6.04. The smallest absolute Gasteiger partial charge is 0.115 e. The lowest BCUT2D eigenvalue weighted by molar-refractivity contribution is 0.236. The predicted octanol–water partition coefficient (Wildman–Crippen LogP) is 1.88. The summed E-state index contributed by atoms with van der Waals surface area (Å²) in [6, 6.07) is 7.96. The van der Waals surface area contributed by atoms with Crippen molar-refractivity contribution >= 4 is 0 Å². The molecule has 0 aliphatic carbocycles. The van der Waals surface area contributed by atoms with Crippen LogP contribution in [0.15, 0.2) is 24.3 Å². The molecule has 1 heterocycles. The van der Waals surface area contributed by atoms with Crippen molar-refractivity contribution in [3.8, 4) is 5.75 Å². The molecule has 0 saturated carbocycles. The highest BCUT2D eigenvalue weighted by Gasteiger charge is 2.22. The molecule has 0 spiro atoms. The molecule has 0 radical (unpaired) electrons. The third-order valence-electron chi connectivity index (χ3n) is 3.30. The molecular formula is C13H20N2O. The van der Waals surface area contributed by atoms with Gasteiger partial charge in [-0.25, -0.2) is 0 Å². The van der Waals surface area contributed by atoms with E-state index in [1.165, 1.54) is 31.5 Å². The Hall–Kier alpha value is -1.06. The summed E-state index contributed by atoms with van der Waals surface area (Å²) in [5.41, 5.74) is 6.96. The molecule has 1 saturated heterocycles. The molecule has 2 rings (SSSR count). The quantitative estimate of drug-likeness (QED) is 0.814. The molecule has 1 aliphatic rings. The van der Waals surface area contributed by atoms with Crippen molar-refractivity contribution in [2.45, 2.75) is 25.3 Å². The number of nitrogens with two attached hydrogens (primary N) is 1. The van der Waals surface area contributed by atoms with Crippen molar-refractivity contribution in [3.05, 3.63) is 29.8 Å². The summed E-state index contributed by atoms with van der Waals surface area (Å²) in [5.74, 6) is 0.330. The van der Waals surface area contributed by atoms with Gasteiger partial charge < -0.3 is 10.8 Å². The van der Waals surface area contributed by atoms with Crippen molar-refractivity contribution in [2.24, 2.45) is 5.73 Å². The largest absolute Gasteiger partial charge is 0.508 e. The van der Waals surface area contributed by atoms with Gasteiger partial charge in [0.15, 0.2) is 0 Å². The predicted molar refractivity (Wildman–Crippen MR) is 65.3 cm³/mol. The molecule has 88 valence electrons. The third-order valence-corrected chi connectivity index (χ3v) is 3.30. The van der Waals surface area contributed by atoms with Gasteiger partial charge in [0, 0.05) is 6.04 Å². The van der Waals surface area contributed by atoms with E-state index in [9.17, 15) is 5.11 Å². The normalized spacial score (nSPS) is 18.8. The summed E-state index contributed by atoms with van der Waals surface area (Å²) in [7, 11) is 0. The van der Waals surface area contributed by atoms with E-state index in [0.717, 1.165) is 6.42 Å². The van der Waals surface area contributed by atoms with Crippen LogP contribution in [0.3, 0.4) is 0 Å². The number of nitrogens with zero attached hydrogens (tertiary/aromatic N) is 1. The van der Waals surface area contributed by atoms with E-state index in [1.807, 2.05) is 12.1 Å². The number of likely N-dealkylation sites (tertiary alicyclic amines) is 1. The fourth-order valence-electron chi connectivity index (χ4n) is 2.47. The lowest BCUT2D eigenvalue weighted by Crippen LogP contribution is -2.27. The monoisotopic (exact) mass is 220 g/mol. The van der Waals surface area contributed by atoms with Gasteiger partial charge in [0.1, 0.15) is 5.75 Å². The maximum Gasteiger partial charge on any atom is 0.115 e. The summed E-state index contributed by atoms with van der Waals surface area (Å²) in [6.45, 7) is 3.05. The number of aromatic hydroxyl groups is 1. The molecule has 3 nitrogen and oxygen atoms in total. The first kappa shape index (κ1) is 11.4. The average molecular weight is 220 g/mol. The highest BCUT2D eigenvalue weighted by atomic mass is 16.3. The van der Waals surface area contributed by atoms with Crippen LogP contribution in [0.25, 0.3) is 0 Å². The molecule has 1 unspecified atom stereocenters. The SMILES string of the molecule is NCCC(c1ccc(O)cc1)N1CCCC1. The fourth-order valence-corrected chi connectivity index (χ4v) is 2.47. The number of phenolic OH excluding ortho intramolecular Hbond substituents is 1. The second-order valence-corrected chi connectivity index (χ2v) is 4.43. The molecule has 3 heteroatoms. The van der Waals surface area contributed by atoms with Gasteiger partial charge >= 0.3 is 0 Å². The topological polar surface area (TPSA) is 49.5 Å². The first-order valence-corrected chi connectivity index (χ1v) is 6.04. The summed E-state index contributed by atoms with van der Waals surface area (Å²) in [5, 5.41) is 9.30. The zero-order chi connectivity index (χ0) is 11.4. The average Bonchev–Trinajstić information content (AvgIpc) is 2.81. The molecule has 1 aromatic rings. The minimum Gasteiger partial charge on any atom is -0.508 e. The maximum absolute atomic E-state index is 9.30. The Morgan fingerprint density at radius 1 is 1.19 bits per heavy atom. The zero-order valence-electron chi connectivity index (χ0n) is 9.60. The van der Waals surface area contributed by atoms with Gasteiger partial charge in [0.2, 0.25) is 0 Å². The van der Waals surface area contributed by atoms with Crippen LogP contribution in [0.4, 0.5) is 0 Å². The van der Waals surface area contributed by atoms with Gasteiger partial charge in [0.05, 0.1) is 0 Å². The second kappa shape index (κ2) is 5.32. The molecule has 3 N–H and O–H groups in total. The molecule has 0 aromatic heterocycles. The highest BCUT2D eigenvalue weighted by Crippen LogP contribution is 2.28. The van der Waals surface area contributed by atoms with E-state index in [-0.39, 0.29) is 0 Å². The molecule has 1 aliphatic heterocycles. The minimum absolute atomic E-state index is 0.330. The Labute approximate surface area is 96.9 Å². The van der Waals surface area contributed by atoms with Gasteiger partial charge in [-0.15, -0.1) is 0 Å². The van der Waals surface area contributed by atoms with Crippen LogP contribution in [0, 0.1) is 0 Å². The number of phenols is 1.